The molecular formula is C54H38BN3O. The van der Waals surface area contributed by atoms with Gasteiger partial charge in [0.15, 0.2) is 0 Å². The number of nitrogens with zero attached hydrogens (tertiary/aromatic N) is 3. The predicted octanol–water partition coefficient (Wildman–Crippen LogP) is 12.4. The maximum atomic E-state index is 7.06. The molecule has 2 aliphatic rings. The molecule has 12 rings (SSSR count). The minimum absolute atomic E-state index is 0.0493. The third-order valence-corrected chi connectivity index (χ3v) is 12.3. The van der Waals surface area contributed by atoms with E-state index in [0.717, 1.165) is 62.0 Å². The van der Waals surface area contributed by atoms with Crippen LogP contribution in [0, 0.1) is 13.8 Å². The Balaban J connectivity index is 1.13. The first-order valence-electron chi connectivity index (χ1n) is 20.4. The molecule has 4 nitrogen and oxygen atoms in total. The molecule has 0 amide bonds. The zero-order valence-electron chi connectivity index (χ0n) is 32.8. The van der Waals surface area contributed by atoms with Crippen LogP contribution in [0.3, 0.4) is 0 Å². The van der Waals surface area contributed by atoms with Crippen LogP contribution >= 0.6 is 0 Å². The molecule has 9 aromatic carbocycles. The molecule has 0 saturated carbocycles. The van der Waals surface area contributed by atoms with Gasteiger partial charge >= 0.3 is 0 Å². The van der Waals surface area contributed by atoms with Crippen molar-refractivity contribution in [3.8, 4) is 17.2 Å². The summed E-state index contributed by atoms with van der Waals surface area (Å²) in [5.74, 6) is 1.80. The van der Waals surface area contributed by atoms with Crippen molar-refractivity contribution in [2.24, 2.45) is 0 Å². The standard InChI is InChI=1S/C54H38BN3O/c1-35-20-25-40(26-21-35)56(41-27-22-36(2)23-28-41)42-29-30-44-45-33-52-46(34-50(45)58(49(44)32-42)39-15-7-4-8-16-39)55-53-43-17-10-9-12-37(43)24-31-48(53)57(38-13-5-3-6-14-38)47-18-11-19-51(59-52)54(47)55/h3-34H,1-2H3. The Morgan fingerprint density at radius 1 is 0.441 bits per heavy atom. The number of fused-ring (bicyclic) bond motifs is 9. The lowest BCUT2D eigenvalue weighted by Gasteiger charge is -2.40. The molecule has 0 fully saturated rings. The van der Waals surface area contributed by atoms with Crippen LogP contribution in [0.1, 0.15) is 11.1 Å². The van der Waals surface area contributed by atoms with Gasteiger partial charge in [0, 0.05) is 50.6 Å². The highest BCUT2D eigenvalue weighted by Gasteiger charge is 2.43. The molecule has 278 valence electrons. The molecule has 0 bridgehead atoms. The average Bonchev–Trinajstić information content (AvgIpc) is 3.59. The molecule has 0 atom stereocenters. The topological polar surface area (TPSA) is 20.6 Å². The number of benzene rings is 9. The fraction of sp³-hybridized carbons (Fsp3) is 0.0370. The summed E-state index contributed by atoms with van der Waals surface area (Å²) < 4.78 is 9.51. The van der Waals surface area contributed by atoms with Crippen LogP contribution in [0.25, 0.3) is 38.3 Å². The van der Waals surface area contributed by atoms with E-state index < -0.39 is 0 Å². The van der Waals surface area contributed by atoms with Crippen molar-refractivity contribution in [1.82, 2.24) is 4.57 Å². The van der Waals surface area contributed by atoms with Crippen molar-refractivity contribution >= 4 is 89.8 Å². The Morgan fingerprint density at radius 3 is 1.80 bits per heavy atom. The molecule has 0 unspecified atom stereocenters. The first-order valence-corrected chi connectivity index (χ1v) is 20.4. The average molecular weight is 756 g/mol. The molecule has 0 N–H and O–H groups in total. The molecule has 3 heterocycles. The smallest absolute Gasteiger partial charge is 0.257 e. The lowest BCUT2D eigenvalue weighted by atomic mass is 9.33. The quantitative estimate of drug-likeness (QED) is 0.163. The second-order valence-electron chi connectivity index (χ2n) is 15.9. The first kappa shape index (κ1) is 33.6. The summed E-state index contributed by atoms with van der Waals surface area (Å²) >= 11 is 0. The summed E-state index contributed by atoms with van der Waals surface area (Å²) in [6.07, 6.45) is 0. The lowest BCUT2D eigenvalue weighted by Crippen LogP contribution is -2.59. The van der Waals surface area contributed by atoms with Crippen molar-refractivity contribution in [1.29, 1.82) is 0 Å². The minimum atomic E-state index is -0.0493. The van der Waals surface area contributed by atoms with Gasteiger partial charge in [0.05, 0.1) is 11.0 Å². The number of ether oxygens (including phenoxy) is 1. The molecule has 10 aromatic rings. The van der Waals surface area contributed by atoms with Gasteiger partial charge in [-0.1, -0.05) is 114 Å². The molecule has 5 heteroatoms. The van der Waals surface area contributed by atoms with Crippen LogP contribution < -0.4 is 30.9 Å². The van der Waals surface area contributed by atoms with Gasteiger partial charge in [0.2, 0.25) is 0 Å². The molecule has 1 aromatic heterocycles. The fourth-order valence-corrected chi connectivity index (χ4v) is 9.64. The second-order valence-corrected chi connectivity index (χ2v) is 15.9. The maximum Gasteiger partial charge on any atom is 0.257 e. The molecule has 59 heavy (non-hydrogen) atoms. The van der Waals surface area contributed by atoms with E-state index >= 15 is 0 Å². The third-order valence-electron chi connectivity index (χ3n) is 12.3. The highest BCUT2D eigenvalue weighted by Crippen LogP contribution is 2.45. The number of hydrogen-bond donors (Lipinski definition) is 0. The van der Waals surface area contributed by atoms with Crippen LogP contribution in [0.4, 0.5) is 34.1 Å². The molecule has 0 aliphatic carbocycles. The maximum absolute atomic E-state index is 7.06. The zero-order valence-corrected chi connectivity index (χ0v) is 32.8. The number of rotatable bonds is 5. The number of aryl methyl sites for hydroxylation is 2. The first-order chi connectivity index (χ1) is 29.1. The third kappa shape index (κ3) is 5.18. The van der Waals surface area contributed by atoms with Gasteiger partial charge in [-0.3, -0.25) is 0 Å². The summed E-state index contributed by atoms with van der Waals surface area (Å²) in [4.78, 5) is 4.78. The molecule has 0 saturated heterocycles. The van der Waals surface area contributed by atoms with Crippen molar-refractivity contribution < 1.29 is 4.74 Å². The summed E-state index contributed by atoms with van der Waals surface area (Å²) in [6.45, 7) is 4.23. The number of anilines is 6. The monoisotopic (exact) mass is 755 g/mol. The summed E-state index contributed by atoms with van der Waals surface area (Å²) in [5.41, 5.74) is 16.3. The Hall–Kier alpha value is -7.50. The van der Waals surface area contributed by atoms with Crippen molar-refractivity contribution in [3.05, 3.63) is 205 Å². The predicted molar refractivity (Wildman–Crippen MR) is 248 cm³/mol. The number of para-hydroxylation sites is 2. The minimum Gasteiger partial charge on any atom is -0.458 e. The normalized spacial score (nSPS) is 12.6. The summed E-state index contributed by atoms with van der Waals surface area (Å²) in [6, 6.07) is 70.7. The Bertz CT molecular complexity index is 3220. The van der Waals surface area contributed by atoms with Gasteiger partial charge < -0.3 is 19.1 Å². The van der Waals surface area contributed by atoms with E-state index in [-0.39, 0.29) is 6.71 Å². The van der Waals surface area contributed by atoms with E-state index in [0.29, 0.717) is 0 Å². The van der Waals surface area contributed by atoms with Crippen LogP contribution in [0.5, 0.6) is 11.5 Å². The molecule has 2 aliphatic heterocycles. The molecule has 0 radical (unpaired) electrons. The number of hydrogen-bond acceptors (Lipinski definition) is 3. The lowest BCUT2D eigenvalue weighted by molar-refractivity contribution is 0.488. The van der Waals surface area contributed by atoms with Crippen molar-refractivity contribution in [2.45, 2.75) is 13.8 Å². The van der Waals surface area contributed by atoms with Crippen LogP contribution in [0.2, 0.25) is 0 Å². The van der Waals surface area contributed by atoms with Gasteiger partial charge in [-0.05, 0) is 132 Å². The van der Waals surface area contributed by atoms with Gasteiger partial charge in [-0.25, -0.2) is 0 Å². The van der Waals surface area contributed by atoms with E-state index in [9.17, 15) is 0 Å². The van der Waals surface area contributed by atoms with Crippen LogP contribution in [-0.4, -0.2) is 11.3 Å². The highest BCUT2D eigenvalue weighted by atomic mass is 16.5. The van der Waals surface area contributed by atoms with Crippen LogP contribution in [-0.2, 0) is 0 Å². The van der Waals surface area contributed by atoms with E-state index in [1.807, 2.05) is 0 Å². The largest absolute Gasteiger partial charge is 0.458 e. The SMILES string of the molecule is Cc1ccc(N(c2ccc(C)cc2)c2ccc3c4cc5c(cc4n(-c4ccccc4)c3c2)B2c3c(cccc3N(c3ccccc3)c3ccc4ccccc4c32)O5)cc1. The Labute approximate surface area is 343 Å². The van der Waals surface area contributed by atoms with Gasteiger partial charge in [-0.15, -0.1) is 0 Å². The van der Waals surface area contributed by atoms with Crippen LogP contribution in [0.15, 0.2) is 194 Å². The summed E-state index contributed by atoms with van der Waals surface area (Å²) in [7, 11) is 0. The fourth-order valence-electron chi connectivity index (χ4n) is 9.64. The molecule has 0 spiro atoms. The Kier molecular flexibility index (Phi) is 7.42. The van der Waals surface area contributed by atoms with E-state index in [2.05, 4.69) is 222 Å². The van der Waals surface area contributed by atoms with E-state index in [1.54, 1.807) is 0 Å². The van der Waals surface area contributed by atoms with E-state index in [1.165, 1.54) is 49.4 Å². The van der Waals surface area contributed by atoms with Gasteiger partial charge in [0.25, 0.3) is 6.71 Å². The second kappa shape index (κ2) is 13.0. The highest BCUT2D eigenvalue weighted by molar-refractivity contribution is 7.00. The molecular weight excluding hydrogens is 717 g/mol. The van der Waals surface area contributed by atoms with Gasteiger partial charge in [-0.2, -0.15) is 0 Å². The number of aromatic nitrogens is 1. The van der Waals surface area contributed by atoms with Crippen molar-refractivity contribution in [2.75, 3.05) is 9.80 Å². The van der Waals surface area contributed by atoms with Gasteiger partial charge in [0.1, 0.15) is 11.5 Å². The Morgan fingerprint density at radius 2 is 1.07 bits per heavy atom. The zero-order chi connectivity index (χ0) is 39.2. The summed E-state index contributed by atoms with van der Waals surface area (Å²) in [5, 5.41) is 4.82. The van der Waals surface area contributed by atoms with Crippen molar-refractivity contribution in [3.63, 3.8) is 0 Å². The van der Waals surface area contributed by atoms with E-state index in [4.69, 9.17) is 4.74 Å².